The highest BCUT2D eigenvalue weighted by Gasteiger charge is 2.08. The number of aromatic nitrogens is 1. The monoisotopic (exact) mass is 351 g/mol. The van der Waals surface area contributed by atoms with Crippen LogP contribution in [0.1, 0.15) is 5.56 Å². The highest BCUT2D eigenvalue weighted by atomic mass is 127. The molecule has 0 saturated heterocycles. The number of thiazole rings is 1. The largest absolute Gasteiger partial charge is 0.236 e. The third kappa shape index (κ3) is 2.09. The molecule has 0 radical (unpaired) electrons. The molecule has 0 N–H and O–H groups in total. The van der Waals surface area contributed by atoms with Gasteiger partial charge in [-0.25, -0.2) is 4.98 Å². The zero-order chi connectivity index (χ0) is 11.8. The van der Waals surface area contributed by atoms with E-state index in [0.29, 0.717) is 0 Å². The van der Waals surface area contributed by atoms with Crippen LogP contribution in [0.5, 0.6) is 0 Å². The van der Waals surface area contributed by atoms with Gasteiger partial charge < -0.3 is 0 Å². The summed E-state index contributed by atoms with van der Waals surface area (Å²) in [6.07, 6.45) is 0. The predicted molar refractivity (Wildman–Crippen MR) is 82.5 cm³/mol. The van der Waals surface area contributed by atoms with E-state index in [9.17, 15) is 0 Å². The van der Waals surface area contributed by atoms with Gasteiger partial charge in [0.05, 0.1) is 10.2 Å². The molecular formula is C14H10INS. The summed E-state index contributed by atoms with van der Waals surface area (Å²) < 4.78 is 2.55. The molecule has 0 aliphatic carbocycles. The molecule has 0 amide bonds. The summed E-state index contributed by atoms with van der Waals surface area (Å²) >= 11 is 4.12. The van der Waals surface area contributed by atoms with Crippen molar-refractivity contribution in [3.63, 3.8) is 0 Å². The van der Waals surface area contributed by atoms with E-state index in [1.54, 1.807) is 11.3 Å². The summed E-state index contributed by atoms with van der Waals surface area (Å²) in [6, 6.07) is 14.7. The van der Waals surface area contributed by atoms with Crippen molar-refractivity contribution < 1.29 is 0 Å². The highest BCUT2D eigenvalue weighted by Crippen LogP contribution is 2.32. The topological polar surface area (TPSA) is 12.9 Å². The molecular weight excluding hydrogens is 341 g/mol. The van der Waals surface area contributed by atoms with Crippen LogP contribution in [-0.4, -0.2) is 4.98 Å². The second-order valence-corrected chi connectivity index (χ2v) is 6.23. The quantitative estimate of drug-likeness (QED) is 0.570. The Hall–Kier alpha value is -0.940. The molecule has 0 bridgehead atoms. The first-order chi connectivity index (χ1) is 8.24. The van der Waals surface area contributed by atoms with Crippen LogP contribution in [0, 0.1) is 10.5 Å². The van der Waals surface area contributed by atoms with Crippen LogP contribution in [0.4, 0.5) is 0 Å². The maximum absolute atomic E-state index is 4.74. The number of hydrogen-bond acceptors (Lipinski definition) is 2. The van der Waals surface area contributed by atoms with Gasteiger partial charge in [-0.05, 0) is 47.2 Å². The van der Waals surface area contributed by atoms with Gasteiger partial charge in [0.1, 0.15) is 5.01 Å². The third-order valence-corrected chi connectivity index (χ3v) is 4.35. The maximum Gasteiger partial charge on any atom is 0.124 e. The minimum absolute atomic E-state index is 1.10. The highest BCUT2D eigenvalue weighted by molar-refractivity contribution is 14.1. The van der Waals surface area contributed by atoms with E-state index in [2.05, 4.69) is 65.9 Å². The Morgan fingerprint density at radius 3 is 2.65 bits per heavy atom. The first-order valence-electron chi connectivity index (χ1n) is 5.36. The summed E-state index contributed by atoms with van der Waals surface area (Å²) in [5.41, 5.74) is 3.59. The fourth-order valence-electron chi connectivity index (χ4n) is 1.86. The fourth-order valence-corrected chi connectivity index (χ4v) is 3.94. The van der Waals surface area contributed by atoms with Crippen LogP contribution < -0.4 is 0 Å². The molecule has 0 spiro atoms. The molecule has 0 fully saturated rings. The van der Waals surface area contributed by atoms with E-state index in [0.717, 1.165) is 10.5 Å². The molecule has 0 aliphatic rings. The van der Waals surface area contributed by atoms with Gasteiger partial charge in [0.25, 0.3) is 0 Å². The van der Waals surface area contributed by atoms with Crippen LogP contribution in [-0.2, 0) is 0 Å². The lowest BCUT2D eigenvalue weighted by molar-refractivity contribution is 1.41. The van der Waals surface area contributed by atoms with Gasteiger partial charge in [0.2, 0.25) is 0 Å². The Bertz CT molecular complexity index is 673. The second-order valence-electron chi connectivity index (χ2n) is 3.95. The lowest BCUT2D eigenvalue weighted by Crippen LogP contribution is -1.79. The van der Waals surface area contributed by atoms with Crippen molar-refractivity contribution in [3.05, 3.63) is 51.6 Å². The minimum Gasteiger partial charge on any atom is -0.236 e. The van der Waals surface area contributed by atoms with Gasteiger partial charge >= 0.3 is 0 Å². The number of rotatable bonds is 1. The van der Waals surface area contributed by atoms with Crippen molar-refractivity contribution in [3.8, 4) is 10.6 Å². The van der Waals surface area contributed by atoms with Crippen molar-refractivity contribution in [1.82, 2.24) is 4.98 Å². The van der Waals surface area contributed by atoms with E-state index in [-0.39, 0.29) is 0 Å². The zero-order valence-corrected chi connectivity index (χ0v) is 12.2. The van der Waals surface area contributed by atoms with Crippen molar-refractivity contribution in [1.29, 1.82) is 0 Å². The number of halogens is 1. The standard InChI is InChI=1S/C14H10INS/c1-9-7-11(15)8-12-13(9)16-14(17-12)10-5-3-2-4-6-10/h2-8H,1H3. The number of benzene rings is 2. The first kappa shape index (κ1) is 11.2. The first-order valence-corrected chi connectivity index (χ1v) is 7.26. The molecule has 2 aromatic carbocycles. The summed E-state index contributed by atoms with van der Waals surface area (Å²) in [5.74, 6) is 0. The normalized spacial score (nSPS) is 10.9. The van der Waals surface area contributed by atoms with E-state index < -0.39 is 0 Å². The van der Waals surface area contributed by atoms with Gasteiger partial charge in [0.15, 0.2) is 0 Å². The fraction of sp³-hybridized carbons (Fsp3) is 0.0714. The Labute approximate surface area is 118 Å². The van der Waals surface area contributed by atoms with Crippen LogP contribution >= 0.6 is 33.9 Å². The third-order valence-electron chi connectivity index (χ3n) is 2.67. The van der Waals surface area contributed by atoms with Gasteiger partial charge in [0, 0.05) is 9.13 Å². The number of fused-ring (bicyclic) bond motifs is 1. The van der Waals surface area contributed by atoms with E-state index in [1.165, 1.54) is 19.4 Å². The summed E-state index contributed by atoms with van der Waals surface area (Å²) in [7, 11) is 0. The second kappa shape index (κ2) is 4.38. The Morgan fingerprint density at radius 1 is 1.12 bits per heavy atom. The van der Waals surface area contributed by atoms with Gasteiger partial charge in [-0.3, -0.25) is 0 Å². The van der Waals surface area contributed by atoms with Crippen LogP contribution in [0.2, 0.25) is 0 Å². The molecule has 1 heterocycles. The lowest BCUT2D eigenvalue weighted by atomic mass is 10.2. The average molecular weight is 351 g/mol. The Balaban J connectivity index is 2.24. The van der Waals surface area contributed by atoms with Crippen LogP contribution in [0.3, 0.4) is 0 Å². The summed E-state index contributed by atoms with van der Waals surface area (Å²) in [4.78, 5) is 4.74. The van der Waals surface area contributed by atoms with Crippen LogP contribution in [0.15, 0.2) is 42.5 Å². The van der Waals surface area contributed by atoms with Crippen molar-refractivity contribution in [2.24, 2.45) is 0 Å². The zero-order valence-electron chi connectivity index (χ0n) is 9.27. The molecule has 17 heavy (non-hydrogen) atoms. The molecule has 1 nitrogen and oxygen atoms in total. The summed E-state index contributed by atoms with van der Waals surface area (Å²) in [5, 5.41) is 1.10. The molecule has 1 aromatic heterocycles. The molecule has 84 valence electrons. The molecule has 0 aliphatic heterocycles. The van der Waals surface area contributed by atoms with Gasteiger partial charge in [-0.2, -0.15) is 0 Å². The smallest absolute Gasteiger partial charge is 0.124 e. The van der Waals surface area contributed by atoms with E-state index in [1.807, 2.05) is 6.07 Å². The Morgan fingerprint density at radius 2 is 1.88 bits per heavy atom. The molecule has 0 atom stereocenters. The maximum atomic E-state index is 4.74. The van der Waals surface area contributed by atoms with Gasteiger partial charge in [-0.1, -0.05) is 30.3 Å². The SMILES string of the molecule is Cc1cc(I)cc2sc(-c3ccccc3)nc12. The predicted octanol–water partition coefficient (Wildman–Crippen LogP) is 4.88. The number of aryl methyl sites for hydroxylation is 1. The average Bonchev–Trinajstić information content (AvgIpc) is 2.74. The van der Waals surface area contributed by atoms with E-state index in [4.69, 9.17) is 4.98 Å². The van der Waals surface area contributed by atoms with E-state index >= 15 is 0 Å². The molecule has 0 saturated carbocycles. The summed E-state index contributed by atoms with van der Waals surface area (Å²) in [6.45, 7) is 2.12. The number of nitrogens with zero attached hydrogens (tertiary/aromatic N) is 1. The molecule has 3 aromatic rings. The van der Waals surface area contributed by atoms with Crippen molar-refractivity contribution >= 4 is 44.1 Å². The molecule has 0 unspecified atom stereocenters. The van der Waals surface area contributed by atoms with Gasteiger partial charge in [-0.15, -0.1) is 11.3 Å². The number of hydrogen-bond donors (Lipinski definition) is 0. The lowest BCUT2D eigenvalue weighted by Gasteiger charge is -1.95. The van der Waals surface area contributed by atoms with Crippen molar-refractivity contribution in [2.75, 3.05) is 0 Å². The minimum atomic E-state index is 1.10. The van der Waals surface area contributed by atoms with Crippen molar-refractivity contribution in [2.45, 2.75) is 6.92 Å². The molecule has 3 heteroatoms. The molecule has 3 rings (SSSR count). The Kier molecular flexibility index (Phi) is 2.88. The van der Waals surface area contributed by atoms with Crippen LogP contribution in [0.25, 0.3) is 20.8 Å².